The normalized spacial score (nSPS) is 10.4. The molecule has 0 aromatic carbocycles. The summed E-state index contributed by atoms with van der Waals surface area (Å²) >= 11 is 0. The Labute approximate surface area is 167 Å². The second-order valence-electron chi connectivity index (χ2n) is 7.27. The number of hydrogen-bond donors (Lipinski definition) is 0. The molecule has 4 heteroatoms. The Kier molecular flexibility index (Phi) is 13.4. The summed E-state index contributed by atoms with van der Waals surface area (Å²) in [6, 6.07) is 6.48. The second kappa shape index (κ2) is 14.3. The molecular weight excluding hydrogens is 332 g/mol. The first-order chi connectivity index (χ1) is 12.8. The van der Waals surface area contributed by atoms with Crippen molar-refractivity contribution in [3.63, 3.8) is 0 Å². The Morgan fingerprint density at radius 3 is 1.89 bits per heavy atom. The number of aryl methyl sites for hydroxylation is 1. The summed E-state index contributed by atoms with van der Waals surface area (Å²) in [5.41, 5.74) is 5.05. The van der Waals surface area contributed by atoms with Crippen LogP contribution in [0.2, 0.25) is 0 Å². The Balaban J connectivity index is 0.000000460. The van der Waals surface area contributed by atoms with Crippen molar-refractivity contribution in [2.45, 2.75) is 60.0 Å². The molecule has 0 amide bonds. The molecule has 0 saturated heterocycles. The fourth-order valence-corrected chi connectivity index (χ4v) is 2.38. The van der Waals surface area contributed by atoms with Crippen LogP contribution >= 0.6 is 0 Å². The number of nitrogens with zero attached hydrogens (tertiary/aromatic N) is 4. The van der Waals surface area contributed by atoms with E-state index in [1.807, 2.05) is 32.4 Å². The summed E-state index contributed by atoms with van der Waals surface area (Å²) < 4.78 is 0. The summed E-state index contributed by atoms with van der Waals surface area (Å²) in [5.74, 6) is 0.570. The molecule has 2 aromatic rings. The lowest BCUT2D eigenvalue weighted by molar-refractivity contribution is 0.396. The molecule has 0 radical (unpaired) electrons. The van der Waals surface area contributed by atoms with Gasteiger partial charge in [0.2, 0.25) is 0 Å². The van der Waals surface area contributed by atoms with Crippen LogP contribution in [0.5, 0.6) is 0 Å². The third kappa shape index (κ3) is 11.5. The largest absolute Gasteiger partial charge is 0.305 e. The summed E-state index contributed by atoms with van der Waals surface area (Å²) in [7, 11) is 8.24. The zero-order chi connectivity index (χ0) is 20.8. The molecule has 2 heterocycles. The van der Waals surface area contributed by atoms with Crippen molar-refractivity contribution in [1.29, 1.82) is 0 Å². The lowest BCUT2D eigenvalue weighted by Crippen LogP contribution is -2.11. The standard InChI is InChI=1S/C11H18N2.C10H16N2.C2H6/c1-9(2)10-5-6-11(12-7-10)8-13(3)4;1-4-9-5-10(7-11-6-9)8-12(2)3;1-2/h5-7,9H,8H2,1-4H3;5-7H,4,8H2,1-3H3;1-2H3. The highest BCUT2D eigenvalue weighted by molar-refractivity contribution is 5.18. The molecule has 2 rings (SSSR count). The number of rotatable bonds is 6. The fraction of sp³-hybridized carbons (Fsp3) is 0.565. The molecule has 0 aliphatic carbocycles. The second-order valence-corrected chi connectivity index (χ2v) is 7.27. The van der Waals surface area contributed by atoms with E-state index in [0.29, 0.717) is 5.92 Å². The molecule has 0 bridgehead atoms. The van der Waals surface area contributed by atoms with Gasteiger partial charge < -0.3 is 9.80 Å². The van der Waals surface area contributed by atoms with Gasteiger partial charge in [0.05, 0.1) is 5.69 Å². The molecule has 0 N–H and O–H groups in total. The lowest BCUT2D eigenvalue weighted by Gasteiger charge is -2.10. The molecule has 0 aliphatic heterocycles. The number of pyridine rings is 2. The van der Waals surface area contributed by atoms with Gasteiger partial charge >= 0.3 is 0 Å². The first-order valence-corrected chi connectivity index (χ1v) is 9.98. The smallest absolute Gasteiger partial charge is 0.0543 e. The predicted octanol–water partition coefficient (Wildman–Crippen LogP) is 5.00. The summed E-state index contributed by atoms with van der Waals surface area (Å²) in [6.45, 7) is 12.4. The van der Waals surface area contributed by atoms with Gasteiger partial charge in [0, 0.05) is 31.7 Å². The van der Waals surface area contributed by atoms with E-state index in [0.717, 1.165) is 25.2 Å². The first kappa shape index (κ1) is 25.2. The van der Waals surface area contributed by atoms with Gasteiger partial charge in [0.1, 0.15) is 0 Å². The SMILES string of the molecule is CC.CC(C)c1ccc(CN(C)C)nc1.CCc1cncc(CN(C)C)c1. The maximum atomic E-state index is 4.40. The lowest BCUT2D eigenvalue weighted by atomic mass is 10.1. The first-order valence-electron chi connectivity index (χ1n) is 9.98. The Morgan fingerprint density at radius 2 is 1.44 bits per heavy atom. The molecule has 0 spiro atoms. The van der Waals surface area contributed by atoms with Gasteiger partial charge in [-0.1, -0.05) is 46.8 Å². The highest BCUT2D eigenvalue weighted by atomic mass is 15.1. The van der Waals surface area contributed by atoms with Gasteiger partial charge in [-0.2, -0.15) is 0 Å². The van der Waals surface area contributed by atoms with Crippen LogP contribution < -0.4 is 0 Å². The van der Waals surface area contributed by atoms with E-state index in [9.17, 15) is 0 Å². The van der Waals surface area contributed by atoms with E-state index in [1.54, 1.807) is 0 Å². The Hall–Kier alpha value is -1.78. The maximum Gasteiger partial charge on any atom is 0.0543 e. The van der Waals surface area contributed by atoms with Crippen LogP contribution in [-0.4, -0.2) is 48.0 Å². The molecule has 0 fully saturated rings. The van der Waals surface area contributed by atoms with Crippen LogP contribution in [0.15, 0.2) is 36.8 Å². The number of hydrogen-bond acceptors (Lipinski definition) is 4. The molecule has 152 valence electrons. The van der Waals surface area contributed by atoms with Crippen molar-refractivity contribution < 1.29 is 0 Å². The highest BCUT2D eigenvalue weighted by Crippen LogP contribution is 2.12. The topological polar surface area (TPSA) is 32.3 Å². The van der Waals surface area contributed by atoms with Crippen molar-refractivity contribution >= 4 is 0 Å². The van der Waals surface area contributed by atoms with Gasteiger partial charge in [-0.05, 0) is 63.3 Å². The monoisotopic (exact) mass is 372 g/mol. The van der Waals surface area contributed by atoms with E-state index >= 15 is 0 Å². The molecule has 0 aliphatic rings. The van der Waals surface area contributed by atoms with Crippen LogP contribution in [0.4, 0.5) is 0 Å². The fourth-order valence-electron chi connectivity index (χ4n) is 2.38. The summed E-state index contributed by atoms with van der Waals surface area (Å²) in [5, 5.41) is 0. The average molecular weight is 373 g/mol. The quantitative estimate of drug-likeness (QED) is 0.714. The van der Waals surface area contributed by atoms with Crippen molar-refractivity contribution in [2.75, 3.05) is 28.2 Å². The van der Waals surface area contributed by atoms with Gasteiger partial charge in [-0.25, -0.2) is 0 Å². The van der Waals surface area contributed by atoms with Crippen molar-refractivity contribution in [2.24, 2.45) is 0 Å². The van der Waals surface area contributed by atoms with Crippen LogP contribution in [0.3, 0.4) is 0 Å². The highest BCUT2D eigenvalue weighted by Gasteiger charge is 2.00. The molecule has 0 saturated carbocycles. The van der Waals surface area contributed by atoms with E-state index in [1.165, 1.54) is 16.7 Å². The predicted molar refractivity (Wildman–Crippen MR) is 118 cm³/mol. The van der Waals surface area contributed by atoms with Gasteiger partial charge in [-0.15, -0.1) is 0 Å². The zero-order valence-electron chi connectivity index (χ0n) is 19.0. The molecule has 27 heavy (non-hydrogen) atoms. The van der Waals surface area contributed by atoms with Crippen LogP contribution in [0.25, 0.3) is 0 Å². The van der Waals surface area contributed by atoms with Crippen molar-refractivity contribution in [1.82, 2.24) is 19.8 Å². The average Bonchev–Trinajstić information content (AvgIpc) is 2.63. The Morgan fingerprint density at radius 1 is 0.852 bits per heavy atom. The van der Waals surface area contributed by atoms with E-state index in [2.05, 4.69) is 86.9 Å². The van der Waals surface area contributed by atoms with Crippen molar-refractivity contribution in [3.8, 4) is 0 Å². The molecule has 2 aromatic heterocycles. The van der Waals surface area contributed by atoms with Crippen LogP contribution in [0, 0.1) is 0 Å². The molecule has 0 atom stereocenters. The minimum absolute atomic E-state index is 0.570. The zero-order valence-corrected chi connectivity index (χ0v) is 19.0. The van der Waals surface area contributed by atoms with Crippen LogP contribution in [0.1, 0.15) is 62.9 Å². The van der Waals surface area contributed by atoms with E-state index < -0.39 is 0 Å². The minimum atomic E-state index is 0.570. The third-order valence-electron chi connectivity index (χ3n) is 3.75. The summed E-state index contributed by atoms with van der Waals surface area (Å²) in [6.07, 6.45) is 6.90. The van der Waals surface area contributed by atoms with E-state index in [4.69, 9.17) is 0 Å². The Bertz CT molecular complexity index is 604. The van der Waals surface area contributed by atoms with Crippen molar-refractivity contribution in [3.05, 3.63) is 59.2 Å². The maximum absolute atomic E-state index is 4.40. The summed E-state index contributed by atoms with van der Waals surface area (Å²) in [4.78, 5) is 12.9. The molecule has 0 unspecified atom stereocenters. The van der Waals surface area contributed by atoms with Gasteiger partial charge in [-0.3, -0.25) is 9.97 Å². The van der Waals surface area contributed by atoms with Crippen LogP contribution in [-0.2, 0) is 19.5 Å². The molecular formula is C23H40N4. The van der Waals surface area contributed by atoms with E-state index in [-0.39, 0.29) is 0 Å². The van der Waals surface area contributed by atoms with Gasteiger partial charge in [0.25, 0.3) is 0 Å². The third-order valence-corrected chi connectivity index (χ3v) is 3.75. The minimum Gasteiger partial charge on any atom is -0.305 e. The molecule has 4 nitrogen and oxygen atoms in total. The van der Waals surface area contributed by atoms with Gasteiger partial charge in [0.15, 0.2) is 0 Å². The number of aromatic nitrogens is 2.